The van der Waals surface area contributed by atoms with Crippen LogP contribution >= 0.6 is 0 Å². The lowest BCUT2D eigenvalue weighted by Crippen LogP contribution is -2.46. The quantitative estimate of drug-likeness (QED) is 0.785. The van der Waals surface area contributed by atoms with Crippen molar-refractivity contribution in [3.63, 3.8) is 0 Å². The Bertz CT molecular complexity index is 536. The number of hydrogen-bond acceptors (Lipinski definition) is 3. The zero-order chi connectivity index (χ0) is 17.4. The van der Waals surface area contributed by atoms with E-state index in [1.54, 1.807) is 0 Å². The third-order valence-electron chi connectivity index (χ3n) is 4.73. The van der Waals surface area contributed by atoms with Crippen molar-refractivity contribution in [3.05, 3.63) is 29.8 Å². The molecule has 0 aromatic heterocycles. The molecule has 1 aliphatic rings. The first-order valence-electron chi connectivity index (χ1n) is 8.91. The summed E-state index contributed by atoms with van der Waals surface area (Å²) in [6.07, 6.45) is 6.26. The van der Waals surface area contributed by atoms with Crippen molar-refractivity contribution in [1.29, 1.82) is 0 Å². The fourth-order valence-corrected chi connectivity index (χ4v) is 2.91. The number of hydrogen-bond donors (Lipinski definition) is 2. The summed E-state index contributed by atoms with van der Waals surface area (Å²) in [4.78, 5) is 23.7. The number of ether oxygens (including phenoxy) is 1. The number of carbonyl (C=O) groups is 2. The Kier molecular flexibility index (Phi) is 7.09. The second kappa shape index (κ2) is 9.30. The van der Waals surface area contributed by atoms with Gasteiger partial charge in [-0.05, 0) is 42.9 Å². The molecule has 2 N–H and O–H groups in total. The van der Waals surface area contributed by atoms with Gasteiger partial charge in [-0.15, -0.1) is 0 Å². The van der Waals surface area contributed by atoms with Crippen molar-refractivity contribution in [2.75, 3.05) is 6.61 Å². The number of benzene rings is 1. The van der Waals surface area contributed by atoms with Gasteiger partial charge < -0.3 is 4.74 Å². The fourth-order valence-electron chi connectivity index (χ4n) is 2.91. The van der Waals surface area contributed by atoms with Gasteiger partial charge in [0.25, 0.3) is 5.91 Å². The number of hydrazine groups is 1. The number of amides is 2. The molecule has 1 aromatic carbocycles. The largest absolute Gasteiger partial charge is 0.484 e. The van der Waals surface area contributed by atoms with E-state index in [1.165, 1.54) is 12.0 Å². The third kappa shape index (κ3) is 5.55. The van der Waals surface area contributed by atoms with E-state index in [2.05, 4.69) is 24.7 Å². The highest BCUT2D eigenvalue weighted by Crippen LogP contribution is 2.23. The second-order valence-corrected chi connectivity index (χ2v) is 6.54. The van der Waals surface area contributed by atoms with Crippen molar-refractivity contribution < 1.29 is 14.3 Å². The first-order chi connectivity index (χ1) is 11.6. The maximum absolute atomic E-state index is 11.9. The topological polar surface area (TPSA) is 67.4 Å². The molecule has 1 saturated carbocycles. The molecule has 1 fully saturated rings. The summed E-state index contributed by atoms with van der Waals surface area (Å²) in [6, 6.07) is 7.78. The van der Waals surface area contributed by atoms with Crippen LogP contribution < -0.4 is 15.6 Å². The summed E-state index contributed by atoms with van der Waals surface area (Å²) in [6.45, 7) is 4.22. The molecule has 2 rings (SSSR count). The molecule has 0 bridgehead atoms. The van der Waals surface area contributed by atoms with Gasteiger partial charge >= 0.3 is 0 Å². The Morgan fingerprint density at radius 2 is 1.79 bits per heavy atom. The van der Waals surface area contributed by atoms with E-state index < -0.39 is 0 Å². The van der Waals surface area contributed by atoms with Crippen LogP contribution in [0.4, 0.5) is 0 Å². The Labute approximate surface area is 144 Å². The van der Waals surface area contributed by atoms with Crippen LogP contribution in [0.1, 0.15) is 63.9 Å². The van der Waals surface area contributed by atoms with Crippen molar-refractivity contribution >= 4 is 11.8 Å². The van der Waals surface area contributed by atoms with E-state index in [1.807, 2.05) is 24.3 Å². The highest BCUT2D eigenvalue weighted by Gasteiger charge is 2.21. The van der Waals surface area contributed by atoms with Gasteiger partial charge in [0.2, 0.25) is 5.91 Å². The molecule has 5 heteroatoms. The van der Waals surface area contributed by atoms with Crippen LogP contribution in [0.25, 0.3) is 0 Å². The van der Waals surface area contributed by atoms with Crippen LogP contribution in [-0.2, 0) is 9.59 Å². The molecule has 1 atom stereocenters. The van der Waals surface area contributed by atoms with E-state index in [4.69, 9.17) is 4.74 Å². The van der Waals surface area contributed by atoms with Gasteiger partial charge in [-0.2, -0.15) is 0 Å². The first kappa shape index (κ1) is 18.3. The predicted molar refractivity (Wildman–Crippen MR) is 93.5 cm³/mol. The van der Waals surface area contributed by atoms with Gasteiger partial charge in [0.1, 0.15) is 5.75 Å². The SMILES string of the molecule is CC[C@H](C)c1ccc(OCC(=O)NNC(=O)C2CCCCC2)cc1. The Hall–Kier alpha value is -2.04. The van der Waals surface area contributed by atoms with Gasteiger partial charge in [0.15, 0.2) is 6.61 Å². The van der Waals surface area contributed by atoms with Gasteiger partial charge in [-0.25, -0.2) is 0 Å². The van der Waals surface area contributed by atoms with Crippen LogP contribution in [0.15, 0.2) is 24.3 Å². The third-order valence-corrected chi connectivity index (χ3v) is 4.73. The molecule has 1 aliphatic carbocycles. The highest BCUT2D eigenvalue weighted by molar-refractivity contribution is 5.84. The molecule has 0 radical (unpaired) electrons. The average Bonchev–Trinajstić information content (AvgIpc) is 2.64. The molecule has 0 unspecified atom stereocenters. The molecule has 0 spiro atoms. The van der Waals surface area contributed by atoms with Gasteiger partial charge in [0, 0.05) is 5.92 Å². The normalized spacial score (nSPS) is 16.2. The lowest BCUT2D eigenvalue weighted by Gasteiger charge is -2.20. The summed E-state index contributed by atoms with van der Waals surface area (Å²) >= 11 is 0. The standard InChI is InChI=1S/C19H28N2O3/c1-3-14(2)15-9-11-17(12-10-15)24-13-18(22)20-21-19(23)16-7-5-4-6-8-16/h9-12,14,16H,3-8,13H2,1-2H3,(H,20,22)(H,21,23)/t14-/m0/s1. The van der Waals surface area contributed by atoms with Crippen molar-refractivity contribution in [3.8, 4) is 5.75 Å². The molecule has 5 nitrogen and oxygen atoms in total. The maximum atomic E-state index is 11.9. The molecular weight excluding hydrogens is 304 g/mol. The first-order valence-corrected chi connectivity index (χ1v) is 8.91. The lowest BCUT2D eigenvalue weighted by molar-refractivity contribution is -0.132. The van der Waals surface area contributed by atoms with Crippen LogP contribution in [0.2, 0.25) is 0 Å². The smallest absolute Gasteiger partial charge is 0.276 e. The maximum Gasteiger partial charge on any atom is 0.276 e. The van der Waals surface area contributed by atoms with Crippen LogP contribution in [0, 0.1) is 5.92 Å². The van der Waals surface area contributed by atoms with E-state index >= 15 is 0 Å². The van der Waals surface area contributed by atoms with Crippen molar-refractivity contribution in [1.82, 2.24) is 10.9 Å². The summed E-state index contributed by atoms with van der Waals surface area (Å²) < 4.78 is 5.45. The zero-order valence-corrected chi connectivity index (χ0v) is 14.6. The Morgan fingerprint density at radius 1 is 1.12 bits per heavy atom. The van der Waals surface area contributed by atoms with Crippen LogP contribution in [0.3, 0.4) is 0 Å². The van der Waals surface area contributed by atoms with Crippen molar-refractivity contribution in [2.24, 2.45) is 5.92 Å². The van der Waals surface area contributed by atoms with E-state index in [-0.39, 0.29) is 24.3 Å². The molecular formula is C19H28N2O3. The van der Waals surface area contributed by atoms with Gasteiger partial charge in [-0.3, -0.25) is 20.4 Å². The molecule has 1 aromatic rings. The second-order valence-electron chi connectivity index (χ2n) is 6.54. The van der Waals surface area contributed by atoms with Gasteiger partial charge in [0.05, 0.1) is 0 Å². The Balaban J connectivity index is 1.69. The van der Waals surface area contributed by atoms with E-state index in [0.717, 1.165) is 32.1 Å². The molecule has 0 heterocycles. The average molecular weight is 332 g/mol. The minimum absolute atomic E-state index is 0.0214. The van der Waals surface area contributed by atoms with Crippen molar-refractivity contribution in [2.45, 2.75) is 58.3 Å². The minimum Gasteiger partial charge on any atom is -0.484 e. The molecule has 0 saturated heterocycles. The molecule has 0 aliphatic heterocycles. The zero-order valence-electron chi connectivity index (χ0n) is 14.6. The summed E-state index contributed by atoms with van der Waals surface area (Å²) in [5, 5.41) is 0. The summed E-state index contributed by atoms with van der Waals surface area (Å²) in [5.41, 5.74) is 6.19. The molecule has 24 heavy (non-hydrogen) atoms. The monoisotopic (exact) mass is 332 g/mol. The number of nitrogens with one attached hydrogen (secondary N) is 2. The molecule has 2 amide bonds. The van der Waals surface area contributed by atoms with E-state index in [0.29, 0.717) is 11.7 Å². The van der Waals surface area contributed by atoms with Gasteiger partial charge in [-0.1, -0.05) is 45.2 Å². The summed E-state index contributed by atoms with van der Waals surface area (Å²) in [5.74, 6) is 0.729. The minimum atomic E-state index is -0.356. The Morgan fingerprint density at radius 3 is 2.42 bits per heavy atom. The van der Waals surface area contributed by atoms with E-state index in [9.17, 15) is 9.59 Å². The highest BCUT2D eigenvalue weighted by atomic mass is 16.5. The number of rotatable bonds is 6. The predicted octanol–water partition coefficient (Wildman–Crippen LogP) is 3.31. The molecule has 132 valence electrons. The fraction of sp³-hybridized carbons (Fsp3) is 0.579. The lowest BCUT2D eigenvalue weighted by atomic mass is 9.89. The number of carbonyl (C=O) groups excluding carboxylic acids is 2. The van der Waals surface area contributed by atoms with Crippen LogP contribution in [-0.4, -0.2) is 18.4 Å². The van der Waals surface area contributed by atoms with Crippen LogP contribution in [0.5, 0.6) is 5.75 Å². The summed E-state index contributed by atoms with van der Waals surface area (Å²) in [7, 11) is 0.